The minimum absolute atomic E-state index is 0.138. The first kappa shape index (κ1) is 17.0. The quantitative estimate of drug-likeness (QED) is 0.497. The van der Waals surface area contributed by atoms with E-state index in [9.17, 15) is 0 Å². The second-order valence-corrected chi connectivity index (χ2v) is 7.42. The summed E-state index contributed by atoms with van der Waals surface area (Å²) in [5.74, 6) is 0.359. The molecule has 1 aliphatic heterocycles. The number of likely N-dealkylation sites (N-methyl/N-ethyl adjacent to an activating group) is 1. The molecule has 0 radical (unpaired) electrons. The van der Waals surface area contributed by atoms with Crippen LogP contribution in [0.1, 0.15) is 22.6 Å². The number of benzene rings is 3. The van der Waals surface area contributed by atoms with Gasteiger partial charge in [-0.3, -0.25) is 0 Å². The van der Waals surface area contributed by atoms with E-state index in [1.165, 1.54) is 16.3 Å². The fraction of sp³-hybridized carbons (Fsp3) is 0.167. The zero-order chi connectivity index (χ0) is 19.1. The van der Waals surface area contributed by atoms with Gasteiger partial charge in [-0.1, -0.05) is 48.5 Å². The van der Waals surface area contributed by atoms with E-state index in [4.69, 9.17) is 0 Å². The standard InChI is InChI=1S/C24H20FN3/c1-28-14-21(18-8-7-16-5-2-3-6-17(16)13-18)19-9-10-20(23(25)22(19)15-28)24-26-11-4-12-27-24/h2-13,21H,14-15H2,1H3. The fourth-order valence-corrected chi connectivity index (χ4v) is 4.19. The van der Waals surface area contributed by atoms with Crippen LogP contribution in [-0.4, -0.2) is 28.5 Å². The number of hydrogen-bond acceptors (Lipinski definition) is 3. The predicted octanol–water partition coefficient (Wildman–Crippen LogP) is 5.01. The summed E-state index contributed by atoms with van der Waals surface area (Å²) in [6, 6.07) is 20.5. The summed E-state index contributed by atoms with van der Waals surface area (Å²) in [6.45, 7) is 1.46. The lowest BCUT2D eigenvalue weighted by Crippen LogP contribution is -2.32. The van der Waals surface area contributed by atoms with Crippen molar-refractivity contribution in [2.24, 2.45) is 0 Å². The summed E-state index contributed by atoms with van der Waals surface area (Å²) in [5.41, 5.74) is 3.49. The normalized spacial score (nSPS) is 16.9. The monoisotopic (exact) mass is 369 g/mol. The smallest absolute Gasteiger partial charge is 0.162 e. The average Bonchev–Trinajstić information content (AvgIpc) is 2.74. The molecule has 0 spiro atoms. The number of halogens is 1. The maximum Gasteiger partial charge on any atom is 0.162 e. The molecule has 4 aromatic rings. The Bertz CT molecular complexity index is 1160. The third-order valence-corrected chi connectivity index (χ3v) is 5.56. The minimum Gasteiger partial charge on any atom is -0.301 e. The van der Waals surface area contributed by atoms with Crippen molar-refractivity contribution < 1.29 is 4.39 Å². The highest BCUT2D eigenvalue weighted by Crippen LogP contribution is 2.37. The summed E-state index contributed by atoms with van der Waals surface area (Å²) >= 11 is 0. The molecule has 0 aliphatic carbocycles. The molecular weight excluding hydrogens is 349 g/mol. The van der Waals surface area contributed by atoms with Crippen LogP contribution >= 0.6 is 0 Å². The number of aromatic nitrogens is 2. The third kappa shape index (κ3) is 2.86. The maximum atomic E-state index is 15.4. The fourth-order valence-electron chi connectivity index (χ4n) is 4.19. The van der Waals surface area contributed by atoms with Gasteiger partial charge >= 0.3 is 0 Å². The van der Waals surface area contributed by atoms with E-state index in [-0.39, 0.29) is 11.7 Å². The first-order valence-electron chi connectivity index (χ1n) is 9.46. The molecule has 2 heterocycles. The largest absolute Gasteiger partial charge is 0.301 e. The first-order chi connectivity index (χ1) is 13.7. The molecule has 3 aromatic carbocycles. The Morgan fingerprint density at radius 2 is 1.71 bits per heavy atom. The zero-order valence-electron chi connectivity index (χ0n) is 15.6. The van der Waals surface area contributed by atoms with E-state index in [0.717, 1.165) is 17.7 Å². The van der Waals surface area contributed by atoms with Crippen LogP contribution in [-0.2, 0) is 6.54 Å². The molecule has 0 N–H and O–H groups in total. The molecular formula is C24H20FN3. The van der Waals surface area contributed by atoms with Crippen molar-refractivity contribution in [2.75, 3.05) is 13.6 Å². The predicted molar refractivity (Wildman–Crippen MR) is 110 cm³/mol. The van der Waals surface area contributed by atoms with Gasteiger partial charge in [-0.2, -0.15) is 0 Å². The van der Waals surface area contributed by atoms with E-state index in [1.807, 2.05) is 19.2 Å². The topological polar surface area (TPSA) is 29.0 Å². The van der Waals surface area contributed by atoms with E-state index in [2.05, 4.69) is 57.3 Å². The Morgan fingerprint density at radius 3 is 2.54 bits per heavy atom. The molecule has 3 nitrogen and oxygen atoms in total. The molecule has 1 aromatic heterocycles. The van der Waals surface area contributed by atoms with Crippen molar-refractivity contribution in [3.8, 4) is 11.4 Å². The van der Waals surface area contributed by atoms with Crippen LogP contribution in [0, 0.1) is 5.82 Å². The second-order valence-electron chi connectivity index (χ2n) is 7.42. The minimum atomic E-state index is -0.207. The Hall–Kier alpha value is -3.11. The van der Waals surface area contributed by atoms with E-state index >= 15 is 4.39 Å². The molecule has 1 aliphatic rings. The van der Waals surface area contributed by atoms with Crippen molar-refractivity contribution >= 4 is 10.8 Å². The Balaban J connectivity index is 1.63. The van der Waals surface area contributed by atoms with E-state index in [0.29, 0.717) is 17.9 Å². The second kappa shape index (κ2) is 6.80. The number of fused-ring (bicyclic) bond motifs is 2. The molecule has 1 unspecified atom stereocenters. The van der Waals surface area contributed by atoms with Gasteiger partial charge < -0.3 is 4.90 Å². The number of nitrogens with zero attached hydrogens (tertiary/aromatic N) is 3. The van der Waals surface area contributed by atoms with Crippen molar-refractivity contribution in [3.05, 3.63) is 95.6 Å². The number of rotatable bonds is 2. The SMILES string of the molecule is CN1Cc2c(ccc(-c3ncccn3)c2F)C(c2ccc3ccccc3c2)C1. The Labute approximate surface area is 163 Å². The zero-order valence-corrected chi connectivity index (χ0v) is 15.6. The van der Waals surface area contributed by atoms with Gasteiger partial charge in [0, 0.05) is 37.0 Å². The molecule has 0 saturated carbocycles. The molecule has 4 heteroatoms. The Kier molecular flexibility index (Phi) is 4.14. The van der Waals surface area contributed by atoms with Crippen LogP contribution in [0.2, 0.25) is 0 Å². The first-order valence-corrected chi connectivity index (χ1v) is 9.46. The molecule has 0 amide bonds. The molecule has 0 saturated heterocycles. The third-order valence-electron chi connectivity index (χ3n) is 5.56. The lowest BCUT2D eigenvalue weighted by Gasteiger charge is -2.33. The summed E-state index contributed by atoms with van der Waals surface area (Å²) in [4.78, 5) is 10.6. The Morgan fingerprint density at radius 1 is 0.929 bits per heavy atom. The molecule has 0 bridgehead atoms. The maximum absolute atomic E-state index is 15.4. The van der Waals surface area contributed by atoms with Gasteiger partial charge in [0.1, 0.15) is 5.82 Å². The summed E-state index contributed by atoms with van der Waals surface area (Å²) in [7, 11) is 2.04. The van der Waals surface area contributed by atoms with Crippen LogP contribution in [0.4, 0.5) is 4.39 Å². The molecule has 0 fully saturated rings. The summed E-state index contributed by atoms with van der Waals surface area (Å²) in [6.07, 6.45) is 3.29. The highest BCUT2D eigenvalue weighted by atomic mass is 19.1. The van der Waals surface area contributed by atoms with Crippen molar-refractivity contribution in [2.45, 2.75) is 12.5 Å². The van der Waals surface area contributed by atoms with Gasteiger partial charge in [0.05, 0.1) is 5.56 Å². The van der Waals surface area contributed by atoms with Crippen LogP contribution < -0.4 is 0 Å². The van der Waals surface area contributed by atoms with E-state index in [1.54, 1.807) is 18.5 Å². The van der Waals surface area contributed by atoms with Gasteiger partial charge in [0.25, 0.3) is 0 Å². The van der Waals surface area contributed by atoms with Crippen molar-refractivity contribution in [3.63, 3.8) is 0 Å². The van der Waals surface area contributed by atoms with E-state index < -0.39 is 0 Å². The molecule has 1 atom stereocenters. The van der Waals surface area contributed by atoms with Crippen LogP contribution in [0.5, 0.6) is 0 Å². The molecule has 138 valence electrons. The van der Waals surface area contributed by atoms with Gasteiger partial charge in [0.15, 0.2) is 5.82 Å². The van der Waals surface area contributed by atoms with Crippen molar-refractivity contribution in [1.82, 2.24) is 14.9 Å². The lowest BCUT2D eigenvalue weighted by molar-refractivity contribution is 0.289. The van der Waals surface area contributed by atoms with Gasteiger partial charge in [0.2, 0.25) is 0 Å². The average molecular weight is 369 g/mol. The summed E-state index contributed by atoms with van der Waals surface area (Å²) in [5, 5.41) is 2.43. The molecule has 5 rings (SSSR count). The van der Waals surface area contributed by atoms with Crippen LogP contribution in [0.25, 0.3) is 22.2 Å². The van der Waals surface area contributed by atoms with Gasteiger partial charge in [-0.05, 0) is 41.1 Å². The van der Waals surface area contributed by atoms with Gasteiger partial charge in [-0.15, -0.1) is 0 Å². The number of hydrogen-bond donors (Lipinski definition) is 0. The highest BCUT2D eigenvalue weighted by molar-refractivity contribution is 5.83. The summed E-state index contributed by atoms with van der Waals surface area (Å²) < 4.78 is 15.4. The van der Waals surface area contributed by atoms with Crippen LogP contribution in [0.3, 0.4) is 0 Å². The van der Waals surface area contributed by atoms with Crippen LogP contribution in [0.15, 0.2) is 73.1 Å². The highest BCUT2D eigenvalue weighted by Gasteiger charge is 2.28. The molecule has 28 heavy (non-hydrogen) atoms. The lowest BCUT2D eigenvalue weighted by atomic mass is 9.83. The van der Waals surface area contributed by atoms with Gasteiger partial charge in [-0.25, -0.2) is 14.4 Å². The van der Waals surface area contributed by atoms with Crippen molar-refractivity contribution in [1.29, 1.82) is 0 Å².